The zero-order valence-electron chi connectivity index (χ0n) is 15.7. The molecule has 1 N–H and O–H groups in total. The molecule has 0 radical (unpaired) electrons. The van der Waals surface area contributed by atoms with Crippen LogP contribution in [0.1, 0.15) is 34.8 Å². The molecule has 142 valence electrons. The maximum absolute atomic E-state index is 11.7. The average Bonchev–Trinajstić information content (AvgIpc) is 3.15. The van der Waals surface area contributed by atoms with E-state index in [4.69, 9.17) is 0 Å². The topological polar surface area (TPSA) is 74.0 Å². The summed E-state index contributed by atoms with van der Waals surface area (Å²) in [5.74, 6) is 0.905. The Morgan fingerprint density at radius 1 is 1.19 bits per heavy atom. The number of aromatic nitrogens is 3. The third-order valence-corrected chi connectivity index (χ3v) is 6.23. The Hall–Kier alpha value is -2.45. The van der Waals surface area contributed by atoms with Crippen LogP contribution in [-0.2, 0) is 4.79 Å². The average molecular weight is 385 g/mol. The third kappa shape index (κ3) is 3.19. The molecule has 1 aliphatic heterocycles. The number of fused-ring (bicyclic) bond motifs is 1. The van der Waals surface area contributed by atoms with Crippen LogP contribution in [0.2, 0.25) is 0 Å². The predicted molar refractivity (Wildman–Crippen MR) is 104 cm³/mol. The Labute approximate surface area is 161 Å². The molecule has 0 saturated carbocycles. The highest BCUT2D eigenvalue weighted by molar-refractivity contribution is 7.17. The number of carbonyl (C=O) groups is 1. The van der Waals surface area contributed by atoms with Gasteiger partial charge in [-0.05, 0) is 25.0 Å². The number of amides is 1. The minimum absolute atomic E-state index is 0.0888. The van der Waals surface area contributed by atoms with Crippen LogP contribution in [-0.4, -0.2) is 61.6 Å². The number of hydrogen-bond acceptors (Lipinski definition) is 6. The second-order valence-corrected chi connectivity index (χ2v) is 7.95. The summed E-state index contributed by atoms with van der Waals surface area (Å²) >= 11 is 1.47. The summed E-state index contributed by atoms with van der Waals surface area (Å²) in [6.45, 7) is 8.42. The maximum atomic E-state index is 11.7. The number of rotatable bonds is 3. The van der Waals surface area contributed by atoms with E-state index in [0.717, 1.165) is 23.5 Å². The Morgan fingerprint density at radius 2 is 1.89 bits per heavy atom. The Kier molecular flexibility index (Phi) is 4.61. The molecule has 0 spiro atoms. The van der Waals surface area contributed by atoms with Gasteiger partial charge in [0, 0.05) is 33.1 Å². The van der Waals surface area contributed by atoms with E-state index in [9.17, 15) is 9.90 Å². The van der Waals surface area contributed by atoms with Gasteiger partial charge in [0.2, 0.25) is 16.7 Å². The molecular weight excluding hydrogens is 362 g/mol. The zero-order valence-corrected chi connectivity index (χ0v) is 16.5. The van der Waals surface area contributed by atoms with E-state index in [1.165, 1.54) is 21.4 Å². The number of aryl methyl sites for hydroxylation is 2. The van der Waals surface area contributed by atoms with Gasteiger partial charge in [0.25, 0.3) is 0 Å². The van der Waals surface area contributed by atoms with Crippen LogP contribution in [0.5, 0.6) is 5.88 Å². The van der Waals surface area contributed by atoms with Gasteiger partial charge in [0.1, 0.15) is 5.82 Å². The number of nitrogens with zero attached hydrogens (tertiary/aromatic N) is 5. The van der Waals surface area contributed by atoms with Gasteiger partial charge in [-0.3, -0.25) is 9.69 Å². The van der Waals surface area contributed by atoms with Crippen LogP contribution in [0, 0.1) is 13.8 Å². The van der Waals surface area contributed by atoms with E-state index in [0.29, 0.717) is 23.9 Å². The predicted octanol–water partition coefficient (Wildman–Crippen LogP) is 2.37. The van der Waals surface area contributed by atoms with Crippen LogP contribution in [0.25, 0.3) is 4.96 Å². The second-order valence-electron chi connectivity index (χ2n) is 6.94. The minimum Gasteiger partial charge on any atom is -0.492 e. The van der Waals surface area contributed by atoms with Crippen molar-refractivity contribution in [2.75, 3.05) is 26.2 Å². The highest BCUT2D eigenvalue weighted by Gasteiger charge is 2.32. The first-order valence-electron chi connectivity index (χ1n) is 9.06. The van der Waals surface area contributed by atoms with Crippen molar-refractivity contribution in [1.29, 1.82) is 0 Å². The summed E-state index contributed by atoms with van der Waals surface area (Å²) in [7, 11) is 0. The van der Waals surface area contributed by atoms with Gasteiger partial charge in [0.05, 0.1) is 10.9 Å². The number of aromatic hydroxyl groups is 1. The minimum atomic E-state index is -0.0888. The van der Waals surface area contributed by atoms with Crippen molar-refractivity contribution < 1.29 is 9.90 Å². The normalized spacial score (nSPS) is 16.8. The Balaban J connectivity index is 1.77. The molecule has 3 aromatic rings. The fraction of sp³-hybridized carbons (Fsp3) is 0.421. The van der Waals surface area contributed by atoms with Crippen molar-refractivity contribution in [3.63, 3.8) is 0 Å². The van der Waals surface area contributed by atoms with Gasteiger partial charge in [-0.2, -0.15) is 4.52 Å². The highest BCUT2D eigenvalue weighted by atomic mass is 32.1. The molecule has 8 heteroatoms. The molecule has 1 fully saturated rings. The number of hydrogen-bond donors (Lipinski definition) is 1. The summed E-state index contributed by atoms with van der Waals surface area (Å²) in [6.07, 6.45) is 0. The molecule has 1 aliphatic rings. The lowest BCUT2D eigenvalue weighted by Gasteiger charge is -2.39. The largest absolute Gasteiger partial charge is 0.492 e. The molecule has 1 unspecified atom stereocenters. The first-order chi connectivity index (χ1) is 13.0. The van der Waals surface area contributed by atoms with Crippen LogP contribution in [0.15, 0.2) is 24.3 Å². The SMILES string of the molecule is CC(=O)N1CCN(C(c2ccccc2C)c2sc3nc(C)nn3c2O)CC1. The lowest BCUT2D eigenvalue weighted by Crippen LogP contribution is -2.49. The highest BCUT2D eigenvalue weighted by Crippen LogP contribution is 2.41. The van der Waals surface area contributed by atoms with Crippen molar-refractivity contribution in [1.82, 2.24) is 24.4 Å². The summed E-state index contributed by atoms with van der Waals surface area (Å²) in [5, 5.41) is 15.2. The first-order valence-corrected chi connectivity index (χ1v) is 9.87. The summed E-state index contributed by atoms with van der Waals surface area (Å²) in [4.78, 5) is 21.8. The van der Waals surface area contributed by atoms with Gasteiger partial charge in [-0.15, -0.1) is 5.10 Å². The lowest BCUT2D eigenvalue weighted by atomic mass is 9.98. The molecule has 7 nitrogen and oxygen atoms in total. The molecule has 3 heterocycles. The fourth-order valence-corrected chi connectivity index (χ4v) is 4.87. The third-order valence-electron chi connectivity index (χ3n) is 5.16. The monoisotopic (exact) mass is 385 g/mol. The molecule has 0 bridgehead atoms. The molecule has 1 aromatic carbocycles. The van der Waals surface area contributed by atoms with Crippen molar-refractivity contribution in [2.45, 2.75) is 26.8 Å². The van der Waals surface area contributed by atoms with Gasteiger partial charge in [-0.1, -0.05) is 35.6 Å². The molecule has 1 saturated heterocycles. The number of benzene rings is 1. The number of carbonyl (C=O) groups excluding carboxylic acids is 1. The maximum Gasteiger partial charge on any atom is 0.230 e. The lowest BCUT2D eigenvalue weighted by molar-refractivity contribution is -0.130. The summed E-state index contributed by atoms with van der Waals surface area (Å²) < 4.78 is 1.52. The van der Waals surface area contributed by atoms with Crippen LogP contribution in [0.4, 0.5) is 0 Å². The molecular formula is C19H23N5O2S. The summed E-state index contributed by atoms with van der Waals surface area (Å²) in [5.41, 5.74) is 2.33. The van der Waals surface area contributed by atoms with Crippen LogP contribution >= 0.6 is 11.3 Å². The van der Waals surface area contributed by atoms with E-state index in [-0.39, 0.29) is 17.8 Å². The molecule has 1 amide bonds. The van der Waals surface area contributed by atoms with Crippen molar-refractivity contribution in [3.05, 3.63) is 46.1 Å². The quantitative estimate of drug-likeness (QED) is 0.749. The van der Waals surface area contributed by atoms with Crippen LogP contribution < -0.4 is 0 Å². The van der Waals surface area contributed by atoms with Gasteiger partial charge in [0.15, 0.2) is 0 Å². The number of piperazine rings is 1. The van der Waals surface area contributed by atoms with E-state index in [2.05, 4.69) is 34.0 Å². The standard InChI is InChI=1S/C19H23N5O2S/c1-12-6-4-5-7-15(12)16(23-10-8-22(9-11-23)14(3)25)17-18(26)24-19(27-17)20-13(2)21-24/h4-7,16,26H,8-11H2,1-3H3. The second kappa shape index (κ2) is 6.94. The summed E-state index contributed by atoms with van der Waals surface area (Å²) in [6, 6.07) is 8.16. The van der Waals surface area contributed by atoms with Gasteiger partial charge in [-0.25, -0.2) is 4.98 Å². The Morgan fingerprint density at radius 3 is 2.52 bits per heavy atom. The molecule has 0 aliphatic carbocycles. The van der Waals surface area contributed by atoms with Gasteiger partial charge < -0.3 is 10.0 Å². The molecule has 27 heavy (non-hydrogen) atoms. The van der Waals surface area contributed by atoms with Crippen molar-refractivity contribution in [3.8, 4) is 5.88 Å². The smallest absolute Gasteiger partial charge is 0.230 e. The van der Waals surface area contributed by atoms with E-state index in [1.807, 2.05) is 24.0 Å². The molecule has 2 aromatic heterocycles. The van der Waals surface area contributed by atoms with Crippen LogP contribution in [0.3, 0.4) is 0 Å². The van der Waals surface area contributed by atoms with Crippen molar-refractivity contribution >= 4 is 22.2 Å². The fourth-order valence-electron chi connectivity index (χ4n) is 3.72. The van der Waals surface area contributed by atoms with E-state index >= 15 is 0 Å². The van der Waals surface area contributed by atoms with E-state index < -0.39 is 0 Å². The molecule has 4 rings (SSSR count). The number of thiazole rings is 1. The van der Waals surface area contributed by atoms with E-state index in [1.54, 1.807) is 6.92 Å². The molecule has 1 atom stereocenters. The van der Waals surface area contributed by atoms with Crippen molar-refractivity contribution in [2.24, 2.45) is 0 Å². The van der Waals surface area contributed by atoms with Gasteiger partial charge >= 0.3 is 0 Å². The first kappa shape index (κ1) is 17.9. The zero-order chi connectivity index (χ0) is 19.1. The Bertz CT molecular complexity index is 987.